The molecule has 3 rings (SSSR count). The highest BCUT2D eigenvalue weighted by molar-refractivity contribution is 9.10. The van der Waals surface area contributed by atoms with Gasteiger partial charge in [-0.25, -0.2) is 0 Å². The zero-order valence-electron chi connectivity index (χ0n) is 8.40. The van der Waals surface area contributed by atoms with Crippen molar-refractivity contribution in [3.63, 3.8) is 0 Å². The first-order valence-electron chi connectivity index (χ1n) is 4.97. The highest BCUT2D eigenvalue weighted by atomic mass is 79.9. The number of nitrogens with zero attached hydrogens (tertiary/aromatic N) is 2. The van der Waals surface area contributed by atoms with Crippen LogP contribution in [0.2, 0.25) is 0 Å². The molecular weight excluding hydrogens is 256 g/mol. The van der Waals surface area contributed by atoms with Gasteiger partial charge >= 0.3 is 0 Å². The van der Waals surface area contributed by atoms with Crippen molar-refractivity contribution in [1.82, 2.24) is 9.78 Å². The Morgan fingerprint density at radius 1 is 1.47 bits per heavy atom. The van der Waals surface area contributed by atoms with E-state index in [9.17, 15) is 0 Å². The first-order chi connectivity index (χ1) is 7.25. The van der Waals surface area contributed by atoms with Crippen molar-refractivity contribution < 1.29 is 4.74 Å². The smallest absolute Gasteiger partial charge is 0.0992 e. The summed E-state index contributed by atoms with van der Waals surface area (Å²) in [5.74, 6) is 0. The van der Waals surface area contributed by atoms with Crippen molar-refractivity contribution in [2.75, 3.05) is 13.2 Å². The van der Waals surface area contributed by atoms with Crippen LogP contribution in [0.25, 0.3) is 10.9 Å². The molecule has 0 bridgehead atoms. The van der Waals surface area contributed by atoms with Gasteiger partial charge in [-0.1, -0.05) is 15.9 Å². The molecule has 1 saturated heterocycles. The summed E-state index contributed by atoms with van der Waals surface area (Å²) in [7, 11) is 0. The quantitative estimate of drug-likeness (QED) is 0.794. The summed E-state index contributed by atoms with van der Waals surface area (Å²) in [5, 5.41) is 5.60. The second-order valence-corrected chi connectivity index (χ2v) is 4.79. The van der Waals surface area contributed by atoms with Gasteiger partial charge in [0.1, 0.15) is 0 Å². The van der Waals surface area contributed by atoms with E-state index in [2.05, 4.69) is 44.8 Å². The number of halogens is 1. The molecule has 0 aliphatic carbocycles. The largest absolute Gasteiger partial charge is 0.377 e. The van der Waals surface area contributed by atoms with Gasteiger partial charge in [0.25, 0.3) is 0 Å². The first-order valence-corrected chi connectivity index (χ1v) is 5.76. The Bertz CT molecular complexity index is 517. The first kappa shape index (κ1) is 9.36. The van der Waals surface area contributed by atoms with E-state index in [-0.39, 0.29) is 0 Å². The summed E-state index contributed by atoms with van der Waals surface area (Å²) in [6.07, 6.45) is 1.91. The van der Waals surface area contributed by atoms with Gasteiger partial charge in [0.15, 0.2) is 0 Å². The number of rotatable bonds is 1. The summed E-state index contributed by atoms with van der Waals surface area (Å²) >= 11 is 3.53. The highest BCUT2D eigenvalue weighted by Gasteiger charge is 2.22. The number of hydrogen-bond donors (Lipinski definition) is 0. The Morgan fingerprint density at radius 3 is 2.93 bits per heavy atom. The van der Waals surface area contributed by atoms with E-state index in [1.165, 1.54) is 16.5 Å². The monoisotopic (exact) mass is 266 g/mol. The maximum Gasteiger partial charge on any atom is 0.0992 e. The fourth-order valence-electron chi connectivity index (χ4n) is 1.83. The Kier molecular flexibility index (Phi) is 2.07. The molecule has 15 heavy (non-hydrogen) atoms. The lowest BCUT2D eigenvalue weighted by atomic mass is 10.2. The van der Waals surface area contributed by atoms with Crippen molar-refractivity contribution in [3.8, 4) is 0 Å². The molecule has 0 spiro atoms. The summed E-state index contributed by atoms with van der Waals surface area (Å²) in [5.41, 5.74) is 2.44. The fraction of sp³-hybridized carbons (Fsp3) is 0.364. The predicted octanol–water partition coefficient (Wildman–Crippen LogP) is 2.68. The lowest BCUT2D eigenvalue weighted by Gasteiger charge is -2.26. The van der Waals surface area contributed by atoms with Crippen LogP contribution >= 0.6 is 15.9 Å². The summed E-state index contributed by atoms with van der Waals surface area (Å²) < 4.78 is 8.40. The molecule has 0 saturated carbocycles. The van der Waals surface area contributed by atoms with E-state index < -0.39 is 0 Å². The van der Waals surface area contributed by atoms with E-state index in [0.29, 0.717) is 6.04 Å². The average molecular weight is 267 g/mol. The number of hydrogen-bond acceptors (Lipinski definition) is 2. The van der Waals surface area contributed by atoms with Crippen molar-refractivity contribution in [3.05, 3.63) is 28.4 Å². The van der Waals surface area contributed by atoms with Crippen LogP contribution in [0, 0.1) is 6.92 Å². The van der Waals surface area contributed by atoms with Gasteiger partial charge in [-0.2, -0.15) is 5.10 Å². The van der Waals surface area contributed by atoms with Crippen molar-refractivity contribution in [1.29, 1.82) is 0 Å². The molecule has 2 heterocycles. The molecule has 1 fully saturated rings. The minimum atomic E-state index is 0.420. The van der Waals surface area contributed by atoms with Gasteiger partial charge in [0.05, 0.1) is 31.0 Å². The van der Waals surface area contributed by atoms with Crippen LogP contribution in [0.15, 0.2) is 22.8 Å². The van der Waals surface area contributed by atoms with Gasteiger partial charge in [0.2, 0.25) is 0 Å². The zero-order valence-corrected chi connectivity index (χ0v) is 9.99. The molecule has 78 valence electrons. The Balaban J connectivity index is 2.19. The van der Waals surface area contributed by atoms with Gasteiger partial charge in [-0.3, -0.25) is 4.68 Å². The van der Waals surface area contributed by atoms with Crippen LogP contribution in [-0.4, -0.2) is 23.0 Å². The third-order valence-electron chi connectivity index (χ3n) is 2.84. The molecule has 1 aromatic carbocycles. The Labute approximate surface area is 96.2 Å². The highest BCUT2D eigenvalue weighted by Crippen LogP contribution is 2.27. The van der Waals surface area contributed by atoms with Crippen molar-refractivity contribution in [2.45, 2.75) is 13.0 Å². The number of aryl methyl sites for hydroxylation is 1. The molecule has 1 aliphatic heterocycles. The van der Waals surface area contributed by atoms with Crippen molar-refractivity contribution in [2.24, 2.45) is 0 Å². The van der Waals surface area contributed by atoms with Crippen molar-refractivity contribution >= 4 is 26.8 Å². The van der Waals surface area contributed by atoms with Gasteiger partial charge in [0, 0.05) is 9.86 Å². The lowest BCUT2D eigenvalue weighted by Crippen LogP contribution is -2.31. The minimum Gasteiger partial charge on any atom is -0.377 e. The molecule has 4 heteroatoms. The molecule has 3 nitrogen and oxygen atoms in total. The molecule has 0 N–H and O–H groups in total. The summed E-state index contributed by atoms with van der Waals surface area (Å²) in [4.78, 5) is 0. The van der Waals surface area contributed by atoms with E-state index in [1.54, 1.807) is 0 Å². The maximum atomic E-state index is 5.19. The van der Waals surface area contributed by atoms with Gasteiger partial charge < -0.3 is 4.74 Å². The standard InChI is InChI=1S/C11H11BrN2O/c1-7-2-11-8(3-10(7)12)4-13-14(11)9-5-15-6-9/h2-4,9H,5-6H2,1H3. The predicted molar refractivity (Wildman–Crippen MR) is 62.0 cm³/mol. The second-order valence-electron chi connectivity index (χ2n) is 3.94. The minimum absolute atomic E-state index is 0.420. The van der Waals surface area contributed by atoms with E-state index in [0.717, 1.165) is 17.7 Å². The lowest BCUT2D eigenvalue weighted by molar-refractivity contribution is -0.0266. The van der Waals surface area contributed by atoms with Crippen LogP contribution in [0.3, 0.4) is 0 Å². The number of benzene rings is 1. The summed E-state index contributed by atoms with van der Waals surface area (Å²) in [6, 6.07) is 4.71. The molecular formula is C11H11BrN2O. The van der Waals surface area contributed by atoms with E-state index >= 15 is 0 Å². The topological polar surface area (TPSA) is 27.1 Å². The third kappa shape index (κ3) is 1.40. The van der Waals surface area contributed by atoms with Crippen LogP contribution in [0.5, 0.6) is 0 Å². The molecule has 1 aliphatic rings. The van der Waals surface area contributed by atoms with Crippen LogP contribution < -0.4 is 0 Å². The average Bonchev–Trinajstić information content (AvgIpc) is 2.48. The Hall–Kier alpha value is -0.870. The molecule has 0 amide bonds. The number of fused-ring (bicyclic) bond motifs is 1. The number of aromatic nitrogens is 2. The van der Waals surface area contributed by atoms with E-state index in [1.807, 2.05) is 6.20 Å². The second kappa shape index (κ2) is 3.32. The molecule has 0 unspecified atom stereocenters. The normalized spacial score (nSPS) is 16.9. The molecule has 0 radical (unpaired) electrons. The third-order valence-corrected chi connectivity index (χ3v) is 3.70. The summed E-state index contributed by atoms with van der Waals surface area (Å²) in [6.45, 7) is 3.66. The zero-order chi connectivity index (χ0) is 10.4. The van der Waals surface area contributed by atoms with Crippen LogP contribution in [0.4, 0.5) is 0 Å². The molecule has 0 atom stereocenters. The van der Waals surface area contributed by atoms with E-state index in [4.69, 9.17) is 4.74 Å². The van der Waals surface area contributed by atoms with Gasteiger partial charge in [-0.15, -0.1) is 0 Å². The SMILES string of the molecule is Cc1cc2c(cnn2C2COC2)cc1Br. The maximum absolute atomic E-state index is 5.19. The Morgan fingerprint density at radius 2 is 2.27 bits per heavy atom. The van der Waals surface area contributed by atoms with Crippen LogP contribution in [0.1, 0.15) is 11.6 Å². The number of ether oxygens (including phenoxy) is 1. The molecule has 2 aromatic rings. The van der Waals surface area contributed by atoms with Crippen LogP contribution in [-0.2, 0) is 4.74 Å². The fourth-order valence-corrected chi connectivity index (χ4v) is 2.19. The molecule has 1 aromatic heterocycles. The van der Waals surface area contributed by atoms with Gasteiger partial charge in [-0.05, 0) is 24.6 Å².